The van der Waals surface area contributed by atoms with Crippen molar-refractivity contribution in [3.63, 3.8) is 0 Å². The van der Waals surface area contributed by atoms with Crippen LogP contribution in [0.25, 0.3) is 0 Å². The number of carboxylic acid groups (broad SMARTS) is 1. The summed E-state index contributed by atoms with van der Waals surface area (Å²) in [5, 5.41) is 17.6. The van der Waals surface area contributed by atoms with Crippen molar-refractivity contribution >= 4 is 5.97 Å². The molecule has 0 aromatic heterocycles. The first-order valence-electron chi connectivity index (χ1n) is 11.9. The first-order valence-corrected chi connectivity index (χ1v) is 11.9. The molecule has 0 amide bonds. The van der Waals surface area contributed by atoms with Crippen LogP contribution in [0.5, 0.6) is 0 Å². The number of carbonyl (C=O) groups is 1. The highest BCUT2D eigenvalue weighted by atomic mass is 16.7. The minimum atomic E-state index is -1.52. The summed E-state index contributed by atoms with van der Waals surface area (Å²) in [4.78, 5) is 10.8. The van der Waals surface area contributed by atoms with Gasteiger partial charge in [0.2, 0.25) is 5.41 Å². The van der Waals surface area contributed by atoms with Gasteiger partial charge in [-0.1, -0.05) is 65.2 Å². The van der Waals surface area contributed by atoms with Crippen molar-refractivity contribution in [3.05, 3.63) is 0 Å². The van der Waals surface area contributed by atoms with Gasteiger partial charge in [0.15, 0.2) is 6.29 Å². The minimum Gasteiger partial charge on any atom is -0.480 e. The van der Waals surface area contributed by atoms with Gasteiger partial charge in [0.05, 0.1) is 19.3 Å². The third kappa shape index (κ3) is 6.43. The molecule has 0 spiro atoms. The van der Waals surface area contributed by atoms with Crippen LogP contribution in [-0.2, 0) is 14.3 Å². The lowest BCUT2D eigenvalue weighted by Gasteiger charge is -2.45. The second kappa shape index (κ2) is 11.9. The molecule has 0 unspecified atom stereocenters. The summed E-state index contributed by atoms with van der Waals surface area (Å²) >= 11 is 0. The van der Waals surface area contributed by atoms with E-state index in [9.17, 15) is 4.79 Å². The van der Waals surface area contributed by atoms with Crippen LogP contribution < -0.4 is 0 Å². The van der Waals surface area contributed by atoms with E-state index in [1.165, 1.54) is 51.4 Å². The van der Waals surface area contributed by atoms with Crippen LogP contribution in [0.4, 0.5) is 0 Å². The molecule has 3 fully saturated rings. The molecule has 1 heterocycles. The number of carboxylic acids is 1. The van der Waals surface area contributed by atoms with Crippen LogP contribution in [0.3, 0.4) is 0 Å². The van der Waals surface area contributed by atoms with Gasteiger partial charge in [-0.25, -0.2) is 0 Å². The Kier molecular flexibility index (Phi) is 9.92. The molecule has 1 N–H and O–H groups in total. The molecule has 0 radical (unpaired) electrons. The SMILES string of the molecule is CCCC1(C2CCCCC2)CCCCC1.CCC[C@H]1OC[C@@](C#N)(C(=O)O)CO1. The summed E-state index contributed by atoms with van der Waals surface area (Å²) in [6.45, 7) is 4.18. The molecule has 0 aromatic carbocycles. The van der Waals surface area contributed by atoms with E-state index in [-0.39, 0.29) is 19.5 Å². The smallest absolute Gasteiger partial charge is 0.328 e. The molecular formula is C24H41NO4. The normalized spacial score (nSPS) is 29.9. The lowest BCUT2D eigenvalue weighted by atomic mass is 9.60. The zero-order chi connectivity index (χ0) is 21.2. The molecule has 3 aliphatic rings. The van der Waals surface area contributed by atoms with Gasteiger partial charge < -0.3 is 14.6 Å². The topological polar surface area (TPSA) is 79.5 Å². The first-order chi connectivity index (χ1) is 14.0. The molecule has 5 nitrogen and oxygen atoms in total. The predicted octanol–water partition coefficient (Wildman–Crippen LogP) is 6.07. The summed E-state index contributed by atoms with van der Waals surface area (Å²) in [5.74, 6) is -0.0820. The Balaban J connectivity index is 0.000000208. The van der Waals surface area contributed by atoms with Crippen LogP contribution in [-0.4, -0.2) is 30.6 Å². The fraction of sp³-hybridized carbons (Fsp3) is 0.917. The average molecular weight is 408 g/mol. The predicted molar refractivity (Wildman–Crippen MR) is 113 cm³/mol. The van der Waals surface area contributed by atoms with Gasteiger partial charge in [-0.3, -0.25) is 4.79 Å². The Bertz CT molecular complexity index is 516. The highest BCUT2D eigenvalue weighted by Gasteiger charge is 2.44. The summed E-state index contributed by atoms with van der Waals surface area (Å²) in [6, 6.07) is 1.73. The van der Waals surface area contributed by atoms with Crippen molar-refractivity contribution in [2.75, 3.05) is 13.2 Å². The van der Waals surface area contributed by atoms with Gasteiger partial charge in [0.25, 0.3) is 0 Å². The van der Waals surface area contributed by atoms with Crippen LogP contribution in [0, 0.1) is 28.1 Å². The second-order valence-corrected chi connectivity index (χ2v) is 9.35. The van der Waals surface area contributed by atoms with Crippen molar-refractivity contribution in [3.8, 4) is 6.07 Å². The van der Waals surface area contributed by atoms with E-state index in [0.717, 1.165) is 24.2 Å². The summed E-state index contributed by atoms with van der Waals surface area (Å²) in [5.41, 5.74) is -0.725. The van der Waals surface area contributed by atoms with Crippen molar-refractivity contribution in [1.82, 2.24) is 0 Å². The van der Waals surface area contributed by atoms with Gasteiger partial charge in [-0.15, -0.1) is 0 Å². The molecule has 166 valence electrons. The fourth-order valence-corrected chi connectivity index (χ4v) is 5.53. The number of hydrogen-bond acceptors (Lipinski definition) is 4. The third-order valence-corrected chi connectivity index (χ3v) is 7.25. The molecular weight excluding hydrogens is 366 g/mol. The second-order valence-electron chi connectivity index (χ2n) is 9.35. The molecule has 0 bridgehead atoms. The zero-order valence-corrected chi connectivity index (χ0v) is 18.6. The molecule has 1 saturated heterocycles. The summed E-state index contributed by atoms with van der Waals surface area (Å²) < 4.78 is 10.3. The van der Waals surface area contributed by atoms with Crippen molar-refractivity contribution in [2.45, 2.75) is 110 Å². The molecule has 0 atom stereocenters. The number of hydrogen-bond donors (Lipinski definition) is 1. The van der Waals surface area contributed by atoms with Crippen LogP contribution in [0.15, 0.2) is 0 Å². The Morgan fingerprint density at radius 1 is 1.00 bits per heavy atom. The van der Waals surface area contributed by atoms with E-state index in [4.69, 9.17) is 19.8 Å². The maximum atomic E-state index is 10.8. The van der Waals surface area contributed by atoms with Crippen LogP contribution in [0.1, 0.15) is 104 Å². The molecule has 1 aliphatic heterocycles. The first kappa shape index (κ1) is 24.2. The van der Waals surface area contributed by atoms with E-state index in [0.29, 0.717) is 0 Å². The number of rotatable bonds is 6. The number of nitrogens with zero attached hydrogens (tertiary/aromatic N) is 1. The zero-order valence-electron chi connectivity index (χ0n) is 18.6. The summed E-state index contributed by atoms with van der Waals surface area (Å²) in [6.07, 6.45) is 19.6. The molecule has 5 heteroatoms. The van der Waals surface area contributed by atoms with E-state index < -0.39 is 11.4 Å². The molecule has 29 heavy (non-hydrogen) atoms. The Morgan fingerprint density at radius 2 is 1.59 bits per heavy atom. The van der Waals surface area contributed by atoms with Crippen LogP contribution >= 0.6 is 0 Å². The highest BCUT2D eigenvalue weighted by molar-refractivity contribution is 5.78. The van der Waals surface area contributed by atoms with E-state index in [2.05, 4.69) is 6.92 Å². The molecule has 0 aromatic rings. The third-order valence-electron chi connectivity index (χ3n) is 7.25. The maximum Gasteiger partial charge on any atom is 0.328 e. The van der Waals surface area contributed by atoms with E-state index in [1.807, 2.05) is 6.92 Å². The number of nitriles is 1. The average Bonchev–Trinajstić information content (AvgIpc) is 2.76. The van der Waals surface area contributed by atoms with Gasteiger partial charge in [-0.05, 0) is 49.9 Å². The number of aliphatic carboxylic acids is 1. The maximum absolute atomic E-state index is 10.8. The standard InChI is InChI=1S/C15H28.C9H13NO4/c1-2-11-15(12-7-4-8-13-15)14-9-5-3-6-10-14;1-2-3-7-13-5-9(4-10,6-14-7)8(11)12/h14H,2-13H2,1H3;7H,2-3,5-6H2,1H3,(H,11,12)/t;7-,9+. The lowest BCUT2D eigenvalue weighted by molar-refractivity contribution is -0.223. The number of ether oxygens (including phenoxy) is 2. The fourth-order valence-electron chi connectivity index (χ4n) is 5.53. The molecule has 2 saturated carbocycles. The van der Waals surface area contributed by atoms with E-state index >= 15 is 0 Å². The lowest BCUT2D eigenvalue weighted by Crippen LogP contribution is -2.46. The minimum absolute atomic E-state index is 0.0938. The van der Waals surface area contributed by atoms with Gasteiger partial charge in [-0.2, -0.15) is 5.26 Å². The Labute approximate surface area is 177 Å². The monoisotopic (exact) mass is 407 g/mol. The van der Waals surface area contributed by atoms with E-state index in [1.54, 1.807) is 31.8 Å². The largest absolute Gasteiger partial charge is 0.480 e. The van der Waals surface area contributed by atoms with Gasteiger partial charge >= 0.3 is 5.97 Å². The van der Waals surface area contributed by atoms with Crippen molar-refractivity contribution < 1.29 is 19.4 Å². The van der Waals surface area contributed by atoms with Gasteiger partial charge in [0, 0.05) is 0 Å². The van der Waals surface area contributed by atoms with Crippen LogP contribution in [0.2, 0.25) is 0 Å². The summed E-state index contributed by atoms with van der Waals surface area (Å²) in [7, 11) is 0. The van der Waals surface area contributed by atoms with Crippen molar-refractivity contribution in [2.24, 2.45) is 16.7 Å². The highest BCUT2D eigenvalue weighted by Crippen LogP contribution is 2.51. The Hall–Kier alpha value is -1.12. The molecule has 3 rings (SSSR count). The quantitative estimate of drug-likeness (QED) is 0.578. The van der Waals surface area contributed by atoms with Gasteiger partial charge in [0.1, 0.15) is 0 Å². The molecule has 2 aliphatic carbocycles. The Morgan fingerprint density at radius 3 is 2.07 bits per heavy atom. The van der Waals surface area contributed by atoms with Crippen molar-refractivity contribution in [1.29, 1.82) is 5.26 Å².